The minimum absolute atomic E-state index is 0.0964. The first kappa shape index (κ1) is 29.5. The maximum Gasteiger partial charge on any atom is 0.326 e. The lowest BCUT2D eigenvalue weighted by molar-refractivity contribution is -0.142. The van der Waals surface area contributed by atoms with Crippen LogP contribution >= 0.6 is 0 Å². The first-order chi connectivity index (χ1) is 18.7. The number of nitrogens with zero attached hydrogens (tertiary/aromatic N) is 2. The molecule has 1 aromatic rings. The van der Waals surface area contributed by atoms with Gasteiger partial charge < -0.3 is 42.0 Å². The number of aliphatic carboxylic acids is 1. The number of aromatic amines is 1. The Morgan fingerprint density at radius 3 is 2.56 bits per heavy atom. The third-order valence-corrected chi connectivity index (χ3v) is 6.75. The van der Waals surface area contributed by atoms with Crippen LogP contribution in [0.1, 0.15) is 50.6 Å². The third kappa shape index (κ3) is 8.49. The summed E-state index contributed by atoms with van der Waals surface area (Å²) < 4.78 is 0. The molecule has 214 valence electrons. The summed E-state index contributed by atoms with van der Waals surface area (Å²) in [4.78, 5) is 82.7. The van der Waals surface area contributed by atoms with Crippen LogP contribution < -0.4 is 27.0 Å². The van der Waals surface area contributed by atoms with Crippen LogP contribution in [0.4, 0.5) is 0 Å². The van der Waals surface area contributed by atoms with Gasteiger partial charge in [-0.1, -0.05) is 0 Å². The van der Waals surface area contributed by atoms with Gasteiger partial charge in [0, 0.05) is 31.3 Å². The first-order valence-electron chi connectivity index (χ1n) is 13.1. The highest BCUT2D eigenvalue weighted by Gasteiger charge is 2.39. The summed E-state index contributed by atoms with van der Waals surface area (Å²) in [5.74, 6) is -3.60. The fourth-order valence-corrected chi connectivity index (χ4v) is 4.68. The molecule has 15 nitrogen and oxygen atoms in total. The Morgan fingerprint density at radius 1 is 1.13 bits per heavy atom. The van der Waals surface area contributed by atoms with E-state index in [9.17, 15) is 33.9 Å². The number of unbranched alkanes of at least 4 members (excludes halogenated alkanes) is 1. The number of imidazole rings is 1. The first-order valence-corrected chi connectivity index (χ1v) is 13.1. The monoisotopic (exact) mass is 548 g/mol. The maximum absolute atomic E-state index is 13.5. The molecule has 0 saturated carbocycles. The Bertz CT molecular complexity index is 1050. The molecule has 0 aliphatic carbocycles. The van der Waals surface area contributed by atoms with E-state index in [-0.39, 0.29) is 31.7 Å². The molecule has 4 atom stereocenters. The number of carboxylic acids is 1. The molecular weight excluding hydrogens is 512 g/mol. The predicted molar refractivity (Wildman–Crippen MR) is 136 cm³/mol. The van der Waals surface area contributed by atoms with Gasteiger partial charge in [-0.25, -0.2) is 9.78 Å². The molecule has 0 unspecified atom stereocenters. The molecular formula is C24H36N8O7. The van der Waals surface area contributed by atoms with Gasteiger partial charge in [-0.05, 0) is 45.1 Å². The number of carbonyl (C=O) groups is 6. The highest BCUT2D eigenvalue weighted by Crippen LogP contribution is 2.20. The summed E-state index contributed by atoms with van der Waals surface area (Å²) in [5, 5.41) is 19.5. The van der Waals surface area contributed by atoms with Crippen molar-refractivity contribution >= 4 is 35.5 Å². The Balaban J connectivity index is 1.60. The zero-order valence-corrected chi connectivity index (χ0v) is 21.6. The number of rotatable bonds is 14. The van der Waals surface area contributed by atoms with E-state index >= 15 is 0 Å². The number of nitrogens with two attached hydrogens (primary N) is 1. The highest BCUT2D eigenvalue weighted by atomic mass is 16.4. The number of aromatic nitrogens is 2. The molecule has 3 heterocycles. The summed E-state index contributed by atoms with van der Waals surface area (Å²) in [6.45, 7) is 0.241. The van der Waals surface area contributed by atoms with Crippen LogP contribution in [0.2, 0.25) is 0 Å². The van der Waals surface area contributed by atoms with E-state index in [1.807, 2.05) is 0 Å². The van der Waals surface area contributed by atoms with E-state index in [4.69, 9.17) is 5.73 Å². The number of hydrogen-bond acceptors (Lipinski definition) is 8. The van der Waals surface area contributed by atoms with Crippen molar-refractivity contribution in [2.24, 2.45) is 5.73 Å². The quantitative estimate of drug-likeness (QED) is 0.122. The lowest BCUT2D eigenvalue weighted by Crippen LogP contribution is -2.57. The Kier molecular flexibility index (Phi) is 10.8. The van der Waals surface area contributed by atoms with Crippen molar-refractivity contribution in [3.05, 3.63) is 18.2 Å². The molecule has 3 rings (SSSR count). The number of nitrogens with one attached hydrogen (secondary N) is 5. The number of amides is 5. The molecule has 8 N–H and O–H groups in total. The predicted octanol–water partition coefficient (Wildman–Crippen LogP) is -2.48. The van der Waals surface area contributed by atoms with E-state index in [1.165, 1.54) is 17.4 Å². The smallest absolute Gasteiger partial charge is 0.326 e. The van der Waals surface area contributed by atoms with Crippen LogP contribution in [0.5, 0.6) is 0 Å². The zero-order chi connectivity index (χ0) is 28.4. The van der Waals surface area contributed by atoms with Crippen molar-refractivity contribution in [1.82, 2.24) is 36.1 Å². The molecule has 2 aliphatic heterocycles. The van der Waals surface area contributed by atoms with Crippen molar-refractivity contribution in [3.63, 3.8) is 0 Å². The van der Waals surface area contributed by atoms with Crippen LogP contribution in [-0.2, 0) is 35.2 Å². The number of hydrogen-bond donors (Lipinski definition) is 7. The van der Waals surface area contributed by atoms with Gasteiger partial charge in [-0.2, -0.15) is 0 Å². The summed E-state index contributed by atoms with van der Waals surface area (Å²) in [5.41, 5.74) is 6.02. The summed E-state index contributed by atoms with van der Waals surface area (Å²) >= 11 is 0. The van der Waals surface area contributed by atoms with Gasteiger partial charge in [0.15, 0.2) is 0 Å². The Labute approximate surface area is 225 Å². The minimum atomic E-state index is -1.18. The molecule has 0 radical (unpaired) electrons. The lowest BCUT2D eigenvalue weighted by atomic mass is 10.1. The van der Waals surface area contributed by atoms with E-state index in [0.29, 0.717) is 44.3 Å². The molecule has 0 bridgehead atoms. The molecule has 5 amide bonds. The normalized spacial score (nSPS) is 20.1. The second-order valence-corrected chi connectivity index (χ2v) is 9.65. The number of carboxylic acid groups (broad SMARTS) is 1. The van der Waals surface area contributed by atoms with Crippen LogP contribution in [-0.4, -0.2) is 99.3 Å². The maximum atomic E-state index is 13.5. The van der Waals surface area contributed by atoms with Crippen LogP contribution in [0.3, 0.4) is 0 Å². The fourth-order valence-electron chi connectivity index (χ4n) is 4.68. The third-order valence-electron chi connectivity index (χ3n) is 6.75. The second-order valence-electron chi connectivity index (χ2n) is 9.65. The Hall–Kier alpha value is -4.01. The number of carbonyl (C=O) groups excluding carboxylic acids is 5. The average molecular weight is 549 g/mol. The van der Waals surface area contributed by atoms with Gasteiger partial charge in [0.25, 0.3) is 0 Å². The van der Waals surface area contributed by atoms with Crippen molar-refractivity contribution in [3.8, 4) is 0 Å². The van der Waals surface area contributed by atoms with Crippen molar-refractivity contribution < 1.29 is 33.9 Å². The molecule has 0 spiro atoms. The van der Waals surface area contributed by atoms with Gasteiger partial charge in [-0.3, -0.25) is 24.0 Å². The van der Waals surface area contributed by atoms with E-state index in [0.717, 1.165) is 0 Å². The van der Waals surface area contributed by atoms with E-state index in [2.05, 4.69) is 31.2 Å². The molecule has 2 aliphatic rings. The lowest BCUT2D eigenvalue weighted by Gasteiger charge is -2.29. The van der Waals surface area contributed by atoms with E-state index in [1.54, 1.807) is 0 Å². The van der Waals surface area contributed by atoms with Gasteiger partial charge in [0.1, 0.15) is 24.2 Å². The molecule has 39 heavy (non-hydrogen) atoms. The Morgan fingerprint density at radius 2 is 1.92 bits per heavy atom. The topological polar surface area (TPSA) is 229 Å². The number of H-pyrrole nitrogens is 1. The van der Waals surface area contributed by atoms with Gasteiger partial charge in [-0.15, -0.1) is 0 Å². The summed E-state index contributed by atoms with van der Waals surface area (Å²) in [6.07, 6.45) is 5.88. The van der Waals surface area contributed by atoms with Crippen molar-refractivity contribution in [2.75, 3.05) is 19.6 Å². The van der Waals surface area contributed by atoms with Gasteiger partial charge in [0.2, 0.25) is 29.5 Å². The number of likely N-dealkylation sites (tertiary alicyclic amines) is 1. The largest absolute Gasteiger partial charge is 0.480 e. The molecule has 0 aromatic carbocycles. The average Bonchev–Trinajstić information content (AvgIpc) is 3.68. The van der Waals surface area contributed by atoms with Gasteiger partial charge in [0.05, 0.1) is 12.9 Å². The standard InChI is InChI=1S/C24H36N8O7/c25-8-2-1-4-16(24(38)39)30-20(34)12-27-22(36)18-5-3-9-32(18)23(37)17(10-14-11-26-13-28-14)31-21(35)15-6-7-19(33)29-15/h11,13,15-18H,1-10,12,25H2,(H,26,28)(H,27,36)(H,29,33)(H,30,34)(H,31,35)(H,38,39)/t15-,16-,17-,18-/m0/s1. The zero-order valence-electron chi connectivity index (χ0n) is 21.6. The van der Waals surface area contributed by atoms with Crippen LogP contribution in [0.25, 0.3) is 0 Å². The molecule has 2 saturated heterocycles. The molecule has 15 heteroatoms. The summed E-state index contributed by atoms with van der Waals surface area (Å²) in [7, 11) is 0. The highest BCUT2D eigenvalue weighted by molar-refractivity contribution is 5.96. The second kappa shape index (κ2) is 14.2. The fraction of sp³-hybridized carbons (Fsp3) is 0.625. The SMILES string of the molecule is NCCCC[C@H](NC(=O)CNC(=O)[C@@H]1CCCN1C(=O)[C@H](Cc1cnc[nH]1)NC(=O)[C@@H]1CCC(=O)N1)C(=O)O. The minimum Gasteiger partial charge on any atom is -0.480 e. The summed E-state index contributed by atoms with van der Waals surface area (Å²) in [6, 6.07) is -3.72. The van der Waals surface area contributed by atoms with Crippen molar-refractivity contribution in [2.45, 2.75) is 75.5 Å². The molecule has 1 aromatic heterocycles. The van der Waals surface area contributed by atoms with Crippen molar-refractivity contribution in [1.29, 1.82) is 0 Å². The van der Waals surface area contributed by atoms with E-state index < -0.39 is 60.3 Å². The van der Waals surface area contributed by atoms with Gasteiger partial charge >= 0.3 is 5.97 Å². The molecule has 2 fully saturated rings. The van der Waals surface area contributed by atoms with Crippen LogP contribution in [0.15, 0.2) is 12.5 Å². The van der Waals surface area contributed by atoms with Crippen LogP contribution in [0, 0.1) is 0 Å².